The second-order valence-electron chi connectivity index (χ2n) is 0.383. The van der Waals surface area contributed by atoms with E-state index in [2.05, 4.69) is 0 Å². The van der Waals surface area contributed by atoms with Gasteiger partial charge in [-0.1, -0.05) is 0 Å². The summed E-state index contributed by atoms with van der Waals surface area (Å²) in [6, 6.07) is 0. The Morgan fingerprint density at radius 3 is 0.800 bits per heavy atom. The maximum absolute atomic E-state index is 9.89. The number of halogens is 4. The first kappa shape index (κ1) is 5.54. The van der Waals surface area contributed by atoms with Gasteiger partial charge < -0.3 is 0 Å². The van der Waals surface area contributed by atoms with Crippen LogP contribution in [-0.4, -0.2) is 21.1 Å². The fourth-order valence-corrected chi connectivity index (χ4v) is 0. The minimum absolute atomic E-state index is 7.10. The van der Waals surface area contributed by atoms with Crippen molar-refractivity contribution in [2.24, 2.45) is 0 Å². The molecule has 0 saturated carbocycles. The number of rotatable bonds is 0. The first-order valence-corrected chi connectivity index (χ1v) is 4.54. The zero-order chi connectivity index (χ0) is 4.50. The SMILES string of the molecule is [F][Sb+]([F])([F])[F]. The van der Waals surface area contributed by atoms with Crippen LogP contribution in [0, 0.1) is 0 Å². The average Bonchev–Trinajstić information content (AvgIpc) is 0.722. The molecule has 0 atom stereocenters. The zero-order valence-corrected chi connectivity index (χ0v) is 4.51. The Balaban J connectivity index is 3.02. The molecule has 0 aromatic rings. The molecular weight excluding hydrogens is 198 g/mol. The van der Waals surface area contributed by atoms with Crippen LogP contribution in [0.3, 0.4) is 0 Å². The van der Waals surface area contributed by atoms with Crippen LogP contribution in [0.1, 0.15) is 0 Å². The zero-order valence-electron chi connectivity index (χ0n) is 1.96. The predicted molar refractivity (Wildman–Crippen MR) is 10.2 cm³/mol. The van der Waals surface area contributed by atoms with E-state index >= 15 is 0 Å². The molecule has 0 aromatic carbocycles. The third kappa shape index (κ3) is 101. The van der Waals surface area contributed by atoms with E-state index in [-0.39, 0.29) is 0 Å². The van der Waals surface area contributed by atoms with Gasteiger partial charge in [0.15, 0.2) is 0 Å². The van der Waals surface area contributed by atoms with E-state index in [1.165, 1.54) is 0 Å². The van der Waals surface area contributed by atoms with Gasteiger partial charge in [0, 0.05) is 0 Å². The molecule has 0 aliphatic carbocycles. The first-order chi connectivity index (χ1) is 2.00. The number of hydrogen-bond donors (Lipinski definition) is 0. The summed E-state index contributed by atoms with van der Waals surface area (Å²) < 4.78 is 39.6. The van der Waals surface area contributed by atoms with E-state index < -0.39 is 21.1 Å². The Labute approximate surface area is 33.0 Å². The van der Waals surface area contributed by atoms with Crippen LogP contribution in [0.25, 0.3) is 0 Å². The van der Waals surface area contributed by atoms with Crippen molar-refractivity contribution < 1.29 is 11.3 Å². The summed E-state index contributed by atoms with van der Waals surface area (Å²) in [5.41, 5.74) is 0. The fraction of sp³-hybridized carbons (Fsp3) is 0. The van der Waals surface area contributed by atoms with Crippen LogP contribution in [0.4, 0.5) is 11.3 Å². The van der Waals surface area contributed by atoms with Crippen molar-refractivity contribution in [2.75, 3.05) is 0 Å². The van der Waals surface area contributed by atoms with Gasteiger partial charge in [0.25, 0.3) is 0 Å². The molecule has 0 saturated heterocycles. The first-order valence-electron chi connectivity index (χ1n) is 0.676. The van der Waals surface area contributed by atoms with Gasteiger partial charge in [0.2, 0.25) is 0 Å². The van der Waals surface area contributed by atoms with Crippen LogP contribution < -0.4 is 0 Å². The standard InChI is InChI=1S/4FH.Sb/h4*1H;/q;;;;+5/p-4. The van der Waals surface area contributed by atoms with E-state index in [0.717, 1.165) is 0 Å². The quantitative estimate of drug-likeness (QED) is 0.406. The summed E-state index contributed by atoms with van der Waals surface area (Å²) in [6.07, 6.45) is 0. The fourth-order valence-electron chi connectivity index (χ4n) is 0. The molecule has 32 valence electrons. The third-order valence-electron chi connectivity index (χ3n) is 0. The normalized spacial score (nSPS) is 12.0. The summed E-state index contributed by atoms with van der Waals surface area (Å²) >= 11 is -7.10. The van der Waals surface area contributed by atoms with Crippen molar-refractivity contribution in [1.82, 2.24) is 0 Å². The van der Waals surface area contributed by atoms with Crippen molar-refractivity contribution >= 4 is 21.1 Å². The average molecular weight is 198 g/mol. The topological polar surface area (TPSA) is 0 Å². The summed E-state index contributed by atoms with van der Waals surface area (Å²) in [6.45, 7) is 0. The predicted octanol–water partition coefficient (Wildman–Crippen LogP) is 1.30. The number of hydrogen-bond acceptors (Lipinski definition) is 0. The second-order valence-corrected chi connectivity index (χ2v) is 2.57. The van der Waals surface area contributed by atoms with Crippen LogP contribution in [0.15, 0.2) is 0 Å². The molecule has 0 bridgehead atoms. The van der Waals surface area contributed by atoms with Gasteiger partial charge in [0.1, 0.15) is 0 Å². The van der Waals surface area contributed by atoms with E-state index in [4.69, 9.17) is 0 Å². The van der Waals surface area contributed by atoms with Gasteiger partial charge in [-0.05, 0) is 0 Å². The van der Waals surface area contributed by atoms with Gasteiger partial charge in [-0.25, -0.2) is 0 Å². The molecule has 0 aromatic heterocycles. The molecule has 0 radical (unpaired) electrons. The van der Waals surface area contributed by atoms with Gasteiger partial charge in [0.05, 0.1) is 0 Å². The summed E-state index contributed by atoms with van der Waals surface area (Å²) in [5, 5.41) is 0. The van der Waals surface area contributed by atoms with Crippen LogP contribution in [-0.2, 0) is 0 Å². The molecule has 0 unspecified atom stereocenters. The Morgan fingerprint density at radius 1 is 0.800 bits per heavy atom. The molecule has 0 spiro atoms. The molecule has 0 fully saturated rings. The van der Waals surface area contributed by atoms with Crippen molar-refractivity contribution in [3.05, 3.63) is 0 Å². The maximum atomic E-state index is 9.89. The molecule has 0 aliphatic heterocycles. The Hall–Kier alpha value is 0.538. The van der Waals surface area contributed by atoms with Gasteiger partial charge in [-0.3, -0.25) is 0 Å². The van der Waals surface area contributed by atoms with Crippen LogP contribution in [0.2, 0.25) is 0 Å². The van der Waals surface area contributed by atoms with E-state index in [0.29, 0.717) is 0 Å². The van der Waals surface area contributed by atoms with Gasteiger partial charge >= 0.3 is 32.4 Å². The molecular formula is F4Sb+. The molecule has 0 N–H and O–H groups in total. The Morgan fingerprint density at radius 2 is 0.800 bits per heavy atom. The van der Waals surface area contributed by atoms with E-state index in [1.54, 1.807) is 0 Å². The van der Waals surface area contributed by atoms with Crippen molar-refractivity contribution in [2.45, 2.75) is 0 Å². The molecule has 0 aliphatic rings. The molecule has 0 nitrogen and oxygen atoms in total. The monoisotopic (exact) mass is 197 g/mol. The van der Waals surface area contributed by atoms with E-state index in [9.17, 15) is 11.3 Å². The molecule has 0 rings (SSSR count). The van der Waals surface area contributed by atoms with Crippen molar-refractivity contribution in [1.29, 1.82) is 0 Å². The van der Waals surface area contributed by atoms with Gasteiger partial charge in [-0.15, -0.1) is 0 Å². The molecule has 5 heavy (non-hydrogen) atoms. The summed E-state index contributed by atoms with van der Waals surface area (Å²) in [5.74, 6) is 0. The van der Waals surface area contributed by atoms with Crippen LogP contribution >= 0.6 is 0 Å². The van der Waals surface area contributed by atoms with Crippen LogP contribution in [0.5, 0.6) is 0 Å². The minimum atomic E-state index is -7.10. The molecule has 0 heterocycles. The second kappa shape index (κ2) is 1.33. The molecule has 5 heteroatoms. The van der Waals surface area contributed by atoms with Crippen molar-refractivity contribution in [3.8, 4) is 0 Å². The molecule has 0 amide bonds. The van der Waals surface area contributed by atoms with Gasteiger partial charge in [-0.2, -0.15) is 0 Å². The third-order valence-corrected chi connectivity index (χ3v) is 0. The Kier molecular flexibility index (Phi) is 1.47. The summed E-state index contributed by atoms with van der Waals surface area (Å²) in [4.78, 5) is 0. The Bertz CT molecular complexity index is 19.1. The summed E-state index contributed by atoms with van der Waals surface area (Å²) in [7, 11) is 0. The van der Waals surface area contributed by atoms with E-state index in [1.807, 2.05) is 0 Å². The van der Waals surface area contributed by atoms with Crippen molar-refractivity contribution in [3.63, 3.8) is 0 Å².